The Kier molecular flexibility index (Phi) is 4.33. The first kappa shape index (κ1) is 15.8. The van der Waals surface area contributed by atoms with Crippen LogP contribution in [-0.4, -0.2) is 25.9 Å². The lowest BCUT2D eigenvalue weighted by Gasteiger charge is -2.09. The molecule has 0 saturated heterocycles. The Morgan fingerprint density at radius 3 is 2.67 bits per heavy atom. The maximum atomic E-state index is 12.5. The number of benzene rings is 1. The number of fused-ring (bicyclic) bond motifs is 1. The first-order valence-electron chi connectivity index (χ1n) is 7.63. The van der Waals surface area contributed by atoms with Gasteiger partial charge in [-0.1, -0.05) is 19.1 Å². The molecule has 2 aromatic heterocycles. The van der Waals surface area contributed by atoms with Gasteiger partial charge in [-0.15, -0.1) is 5.10 Å². The summed E-state index contributed by atoms with van der Waals surface area (Å²) in [6.07, 6.45) is 3.10. The van der Waals surface area contributed by atoms with Crippen LogP contribution in [0, 0.1) is 5.92 Å². The highest BCUT2D eigenvalue weighted by molar-refractivity contribution is 6.04. The van der Waals surface area contributed by atoms with Crippen molar-refractivity contribution in [2.45, 2.75) is 20.4 Å². The Morgan fingerprint density at radius 2 is 1.96 bits per heavy atom. The van der Waals surface area contributed by atoms with E-state index in [0.29, 0.717) is 28.7 Å². The predicted octanol–water partition coefficient (Wildman–Crippen LogP) is 2.09. The number of aromatic nitrogens is 4. The van der Waals surface area contributed by atoms with Crippen molar-refractivity contribution in [2.75, 3.05) is 5.32 Å². The Labute approximate surface area is 138 Å². The van der Waals surface area contributed by atoms with Crippen LogP contribution in [0.4, 0.5) is 5.69 Å². The molecule has 0 atom stereocenters. The molecule has 24 heavy (non-hydrogen) atoms. The summed E-state index contributed by atoms with van der Waals surface area (Å²) in [5.41, 5.74) is 1.32. The summed E-state index contributed by atoms with van der Waals surface area (Å²) in [5.74, 6) is 0.0188. The highest BCUT2D eigenvalue weighted by Crippen LogP contribution is 2.15. The van der Waals surface area contributed by atoms with Crippen molar-refractivity contribution in [3.05, 3.63) is 58.6 Å². The van der Waals surface area contributed by atoms with Crippen LogP contribution in [0.3, 0.4) is 0 Å². The monoisotopic (exact) mass is 323 g/mol. The highest BCUT2D eigenvalue weighted by Gasteiger charge is 2.10. The molecule has 1 N–H and O–H groups in total. The lowest BCUT2D eigenvalue weighted by Crippen LogP contribution is -2.26. The smallest absolute Gasteiger partial charge is 0.277 e. The second kappa shape index (κ2) is 6.57. The van der Waals surface area contributed by atoms with E-state index in [1.807, 2.05) is 13.8 Å². The molecule has 1 amide bonds. The van der Waals surface area contributed by atoms with Gasteiger partial charge in [-0.05, 0) is 36.2 Å². The third kappa shape index (κ3) is 3.29. The minimum atomic E-state index is -0.263. The molecule has 3 rings (SSSR count). The average Bonchev–Trinajstić information content (AvgIpc) is 2.58. The van der Waals surface area contributed by atoms with Crippen molar-refractivity contribution < 1.29 is 4.79 Å². The molecular weight excluding hydrogens is 306 g/mol. The van der Waals surface area contributed by atoms with Crippen LogP contribution in [0.15, 0.2) is 47.5 Å². The van der Waals surface area contributed by atoms with E-state index in [2.05, 4.69) is 20.6 Å². The van der Waals surface area contributed by atoms with Gasteiger partial charge in [0, 0.05) is 30.2 Å². The van der Waals surface area contributed by atoms with Gasteiger partial charge in [0.25, 0.3) is 11.5 Å². The third-order valence-corrected chi connectivity index (χ3v) is 3.46. The lowest BCUT2D eigenvalue weighted by atomic mass is 10.2. The number of hydrogen-bond acceptors (Lipinski definition) is 5. The van der Waals surface area contributed by atoms with Crippen molar-refractivity contribution >= 4 is 22.5 Å². The molecule has 0 bridgehead atoms. The Hall–Kier alpha value is -3.09. The van der Waals surface area contributed by atoms with Gasteiger partial charge in [0.15, 0.2) is 0 Å². The number of pyridine rings is 1. The third-order valence-electron chi connectivity index (χ3n) is 3.46. The van der Waals surface area contributed by atoms with E-state index in [0.717, 1.165) is 0 Å². The number of carbonyl (C=O) groups is 1. The van der Waals surface area contributed by atoms with Crippen molar-refractivity contribution in [1.82, 2.24) is 20.0 Å². The Morgan fingerprint density at radius 1 is 1.21 bits per heavy atom. The largest absolute Gasteiger partial charge is 0.322 e. The summed E-state index contributed by atoms with van der Waals surface area (Å²) in [5, 5.41) is 11.2. The standard InChI is InChI=1S/C17H17N5O2/c1-11(2)10-22-17(24)14-9-13(3-4-15(14)20-21-22)19-16(23)12-5-7-18-8-6-12/h3-9,11H,10H2,1-2H3,(H,19,23). The van der Waals surface area contributed by atoms with E-state index < -0.39 is 0 Å². The molecule has 2 heterocycles. The zero-order valence-electron chi connectivity index (χ0n) is 13.4. The van der Waals surface area contributed by atoms with Gasteiger partial charge in [0.1, 0.15) is 5.52 Å². The van der Waals surface area contributed by atoms with Crippen LogP contribution < -0.4 is 10.9 Å². The molecule has 3 aromatic rings. The molecule has 0 fully saturated rings. The second-order valence-corrected chi connectivity index (χ2v) is 5.89. The van der Waals surface area contributed by atoms with Crippen LogP contribution in [0.25, 0.3) is 10.9 Å². The molecule has 0 unspecified atom stereocenters. The maximum Gasteiger partial charge on any atom is 0.277 e. The summed E-state index contributed by atoms with van der Waals surface area (Å²) in [6, 6.07) is 8.24. The minimum absolute atomic E-state index is 0.214. The van der Waals surface area contributed by atoms with Crippen LogP contribution in [-0.2, 0) is 6.54 Å². The molecule has 122 valence electrons. The van der Waals surface area contributed by atoms with E-state index in [1.54, 1.807) is 42.7 Å². The molecule has 7 heteroatoms. The molecule has 0 radical (unpaired) electrons. The minimum Gasteiger partial charge on any atom is -0.322 e. The van der Waals surface area contributed by atoms with Gasteiger partial charge in [-0.3, -0.25) is 14.6 Å². The predicted molar refractivity (Wildman–Crippen MR) is 90.8 cm³/mol. The van der Waals surface area contributed by atoms with Crippen LogP contribution in [0.5, 0.6) is 0 Å². The number of rotatable bonds is 4. The van der Waals surface area contributed by atoms with Crippen molar-refractivity contribution in [3.63, 3.8) is 0 Å². The van der Waals surface area contributed by atoms with Crippen LogP contribution >= 0.6 is 0 Å². The molecule has 0 aliphatic rings. The number of nitrogens with zero attached hydrogens (tertiary/aromatic N) is 4. The fourth-order valence-electron chi connectivity index (χ4n) is 2.33. The van der Waals surface area contributed by atoms with Gasteiger partial charge < -0.3 is 5.32 Å². The normalized spacial score (nSPS) is 11.0. The quantitative estimate of drug-likeness (QED) is 0.794. The van der Waals surface area contributed by atoms with E-state index in [1.165, 1.54) is 4.68 Å². The van der Waals surface area contributed by atoms with E-state index in [9.17, 15) is 9.59 Å². The SMILES string of the molecule is CC(C)Cn1nnc2ccc(NC(=O)c3ccncc3)cc2c1=O. The lowest BCUT2D eigenvalue weighted by molar-refractivity contribution is 0.102. The second-order valence-electron chi connectivity index (χ2n) is 5.89. The topological polar surface area (TPSA) is 89.8 Å². The summed E-state index contributed by atoms with van der Waals surface area (Å²) in [4.78, 5) is 28.6. The van der Waals surface area contributed by atoms with Crippen LogP contribution in [0.2, 0.25) is 0 Å². The first-order valence-corrected chi connectivity index (χ1v) is 7.63. The summed E-state index contributed by atoms with van der Waals surface area (Å²) in [7, 11) is 0. The molecular formula is C17H17N5O2. The Bertz CT molecular complexity index is 935. The zero-order valence-corrected chi connectivity index (χ0v) is 13.4. The number of nitrogens with one attached hydrogen (secondary N) is 1. The van der Waals surface area contributed by atoms with E-state index in [4.69, 9.17) is 0 Å². The van der Waals surface area contributed by atoms with Crippen molar-refractivity contribution in [1.29, 1.82) is 0 Å². The number of hydrogen-bond donors (Lipinski definition) is 1. The number of anilines is 1. The molecule has 1 aromatic carbocycles. The molecule has 0 saturated carbocycles. The fraction of sp³-hybridized carbons (Fsp3) is 0.235. The van der Waals surface area contributed by atoms with Gasteiger partial charge in [0.05, 0.1) is 5.39 Å². The fourth-order valence-corrected chi connectivity index (χ4v) is 2.33. The maximum absolute atomic E-state index is 12.5. The summed E-state index contributed by atoms with van der Waals surface area (Å²) < 4.78 is 1.35. The zero-order chi connectivity index (χ0) is 17.1. The number of amides is 1. The van der Waals surface area contributed by atoms with Gasteiger partial charge in [-0.25, -0.2) is 4.68 Å². The van der Waals surface area contributed by atoms with Crippen molar-refractivity contribution in [3.8, 4) is 0 Å². The first-order chi connectivity index (χ1) is 11.5. The Balaban J connectivity index is 1.94. The van der Waals surface area contributed by atoms with E-state index >= 15 is 0 Å². The van der Waals surface area contributed by atoms with Gasteiger partial charge >= 0.3 is 0 Å². The molecule has 7 nitrogen and oxygen atoms in total. The molecule has 0 aliphatic heterocycles. The summed E-state index contributed by atoms with van der Waals surface area (Å²) >= 11 is 0. The summed E-state index contributed by atoms with van der Waals surface area (Å²) in [6.45, 7) is 4.50. The molecule has 0 spiro atoms. The van der Waals surface area contributed by atoms with Gasteiger partial charge in [0.2, 0.25) is 0 Å². The molecule has 0 aliphatic carbocycles. The van der Waals surface area contributed by atoms with Gasteiger partial charge in [-0.2, -0.15) is 0 Å². The number of carbonyl (C=O) groups excluding carboxylic acids is 1. The average molecular weight is 323 g/mol. The van der Waals surface area contributed by atoms with Crippen LogP contribution in [0.1, 0.15) is 24.2 Å². The highest BCUT2D eigenvalue weighted by atomic mass is 16.1. The van der Waals surface area contributed by atoms with Crippen molar-refractivity contribution in [2.24, 2.45) is 5.92 Å². The van der Waals surface area contributed by atoms with E-state index in [-0.39, 0.29) is 17.4 Å².